The molecular weight excluding hydrogens is 340 g/mol. The van der Waals surface area contributed by atoms with Gasteiger partial charge in [-0.05, 0) is 41.8 Å². The van der Waals surface area contributed by atoms with Gasteiger partial charge in [-0.2, -0.15) is 9.30 Å². The highest BCUT2D eigenvalue weighted by atomic mass is 79.9. The summed E-state index contributed by atoms with van der Waals surface area (Å²) in [5, 5.41) is 0. The van der Waals surface area contributed by atoms with E-state index in [0.29, 0.717) is 19.4 Å². The third-order valence-electron chi connectivity index (χ3n) is 2.80. The number of nitrogens with zero attached hydrogens (tertiary/aromatic N) is 2. The molecule has 0 saturated carbocycles. The molecule has 1 aliphatic rings. The molecule has 0 bridgehead atoms. The number of isocyanates is 1. The number of aliphatic imine (C=N–C) groups is 1. The van der Waals surface area contributed by atoms with E-state index in [0.717, 1.165) is 8.66 Å². The molecule has 2 rings (SSSR count). The fourth-order valence-electron chi connectivity index (χ4n) is 2.01. The van der Waals surface area contributed by atoms with E-state index in [9.17, 15) is 13.2 Å². The third kappa shape index (κ3) is 2.44. The van der Waals surface area contributed by atoms with Gasteiger partial charge in [0.15, 0.2) is 0 Å². The normalized spacial score (nSPS) is 20.9. The molecule has 1 unspecified atom stereocenters. The fourth-order valence-corrected chi connectivity index (χ4v) is 5.98. The van der Waals surface area contributed by atoms with E-state index in [4.69, 9.17) is 0 Å². The van der Waals surface area contributed by atoms with Crippen molar-refractivity contribution in [1.29, 1.82) is 0 Å². The molecule has 5 nitrogen and oxygen atoms in total. The largest absolute Gasteiger partial charge is 0.246 e. The summed E-state index contributed by atoms with van der Waals surface area (Å²) in [5.74, 6) is 0. The first-order valence-corrected chi connectivity index (χ1v) is 8.36. The first-order valence-electron chi connectivity index (χ1n) is 5.31. The summed E-state index contributed by atoms with van der Waals surface area (Å²) in [7, 11) is -3.58. The lowest BCUT2D eigenvalue weighted by Gasteiger charge is -2.19. The number of carbonyl (C=O) groups excluding carboxylic acids is 1. The van der Waals surface area contributed by atoms with Crippen molar-refractivity contribution < 1.29 is 13.2 Å². The van der Waals surface area contributed by atoms with Gasteiger partial charge in [0.1, 0.15) is 6.17 Å². The van der Waals surface area contributed by atoms with E-state index < -0.39 is 16.2 Å². The van der Waals surface area contributed by atoms with Crippen LogP contribution < -0.4 is 0 Å². The number of halogens is 1. The lowest BCUT2D eigenvalue weighted by molar-refractivity contribution is 0.395. The second-order valence-corrected chi connectivity index (χ2v) is 8.42. The van der Waals surface area contributed by atoms with Crippen molar-refractivity contribution in [2.45, 2.75) is 30.8 Å². The first kappa shape index (κ1) is 13.9. The zero-order valence-electron chi connectivity index (χ0n) is 9.59. The van der Waals surface area contributed by atoms with Crippen LogP contribution in [0.1, 0.15) is 17.7 Å². The Balaban J connectivity index is 2.42. The fraction of sp³-hybridized carbons (Fsp3) is 0.500. The Bertz CT molecular complexity index is 605. The topological polar surface area (TPSA) is 66.8 Å². The smallest absolute Gasteiger partial charge is 0.211 e. The maximum Gasteiger partial charge on any atom is 0.246 e. The second kappa shape index (κ2) is 5.22. The van der Waals surface area contributed by atoms with Crippen molar-refractivity contribution in [2.75, 3.05) is 6.54 Å². The lowest BCUT2D eigenvalue weighted by Crippen LogP contribution is -2.34. The molecule has 0 spiro atoms. The Morgan fingerprint density at radius 1 is 1.61 bits per heavy atom. The SMILES string of the molecule is Cc1sc(Br)cc1S(=O)(=O)N1CCCC1N=C=O. The Labute approximate surface area is 118 Å². The van der Waals surface area contributed by atoms with E-state index in [1.807, 2.05) is 0 Å². The number of hydrogen-bond acceptors (Lipinski definition) is 5. The summed E-state index contributed by atoms with van der Waals surface area (Å²) >= 11 is 4.65. The van der Waals surface area contributed by atoms with E-state index in [2.05, 4.69) is 20.9 Å². The van der Waals surface area contributed by atoms with Crippen LogP contribution in [0.25, 0.3) is 0 Å². The van der Waals surface area contributed by atoms with Gasteiger partial charge in [0, 0.05) is 11.4 Å². The minimum atomic E-state index is -3.58. The average molecular weight is 351 g/mol. The molecule has 1 aromatic rings. The summed E-state index contributed by atoms with van der Waals surface area (Å²) in [6, 6.07) is 1.59. The van der Waals surface area contributed by atoms with Crippen LogP contribution in [-0.2, 0) is 14.8 Å². The molecule has 0 aliphatic carbocycles. The van der Waals surface area contributed by atoms with Crippen LogP contribution in [0.3, 0.4) is 0 Å². The Hall–Kier alpha value is -0.530. The summed E-state index contributed by atoms with van der Waals surface area (Å²) in [4.78, 5) is 14.9. The monoisotopic (exact) mass is 350 g/mol. The van der Waals surface area contributed by atoms with Gasteiger partial charge in [0.25, 0.3) is 0 Å². The van der Waals surface area contributed by atoms with Crippen LogP contribution >= 0.6 is 27.3 Å². The number of hydrogen-bond donors (Lipinski definition) is 0. The quantitative estimate of drug-likeness (QED) is 0.620. The van der Waals surface area contributed by atoms with E-state index in [1.165, 1.54) is 21.7 Å². The molecule has 98 valence electrons. The van der Waals surface area contributed by atoms with Gasteiger partial charge in [-0.1, -0.05) is 0 Å². The van der Waals surface area contributed by atoms with Crippen molar-refractivity contribution in [2.24, 2.45) is 4.99 Å². The van der Waals surface area contributed by atoms with Crippen LogP contribution in [-0.4, -0.2) is 31.5 Å². The van der Waals surface area contributed by atoms with Crippen molar-refractivity contribution in [3.05, 3.63) is 14.7 Å². The van der Waals surface area contributed by atoms with Crippen molar-refractivity contribution >= 4 is 43.4 Å². The second-order valence-electron chi connectivity index (χ2n) is 3.93. The van der Waals surface area contributed by atoms with Crippen LogP contribution in [0.2, 0.25) is 0 Å². The standard InChI is InChI=1S/C10H11BrN2O3S2/c1-7-8(5-9(11)17-7)18(15,16)13-4-2-3-10(13)12-6-14/h5,10H,2-4H2,1H3. The zero-order valence-corrected chi connectivity index (χ0v) is 12.8. The van der Waals surface area contributed by atoms with Crippen molar-refractivity contribution in [3.63, 3.8) is 0 Å². The molecule has 1 aliphatic heterocycles. The number of rotatable bonds is 3. The minimum Gasteiger partial charge on any atom is -0.211 e. The molecule has 0 amide bonds. The molecule has 0 aromatic carbocycles. The Morgan fingerprint density at radius 2 is 2.33 bits per heavy atom. The predicted octanol–water partition coefficient (Wildman–Crippen LogP) is 2.27. The van der Waals surface area contributed by atoms with E-state index >= 15 is 0 Å². The average Bonchev–Trinajstić information content (AvgIpc) is 2.86. The minimum absolute atomic E-state index is 0.285. The Morgan fingerprint density at radius 3 is 2.89 bits per heavy atom. The third-order valence-corrected chi connectivity index (χ3v) is 6.51. The van der Waals surface area contributed by atoms with E-state index in [1.54, 1.807) is 13.0 Å². The summed E-state index contributed by atoms with van der Waals surface area (Å²) in [5.41, 5.74) is 0. The van der Waals surface area contributed by atoms with Gasteiger partial charge in [-0.15, -0.1) is 11.3 Å². The Kier molecular flexibility index (Phi) is 4.03. The summed E-state index contributed by atoms with van der Waals surface area (Å²) in [6.45, 7) is 2.15. The molecule has 18 heavy (non-hydrogen) atoms. The molecule has 0 N–H and O–H groups in total. The molecule has 1 aromatic heterocycles. The molecule has 1 atom stereocenters. The van der Waals surface area contributed by atoms with Gasteiger partial charge in [0.05, 0.1) is 8.68 Å². The molecule has 2 heterocycles. The number of thiophene rings is 1. The van der Waals surface area contributed by atoms with Gasteiger partial charge < -0.3 is 0 Å². The van der Waals surface area contributed by atoms with Gasteiger partial charge in [-0.3, -0.25) is 0 Å². The van der Waals surface area contributed by atoms with Crippen molar-refractivity contribution in [1.82, 2.24) is 4.31 Å². The molecule has 1 saturated heterocycles. The summed E-state index contributed by atoms with van der Waals surface area (Å²) in [6.07, 6.45) is 2.12. The first-order chi connectivity index (χ1) is 8.46. The highest BCUT2D eigenvalue weighted by molar-refractivity contribution is 9.11. The van der Waals surface area contributed by atoms with Gasteiger partial charge in [0.2, 0.25) is 16.1 Å². The predicted molar refractivity (Wildman–Crippen MR) is 71.8 cm³/mol. The molecular formula is C10H11BrN2O3S2. The van der Waals surface area contributed by atoms with Crippen LogP contribution in [0.5, 0.6) is 0 Å². The highest BCUT2D eigenvalue weighted by Crippen LogP contribution is 2.34. The van der Waals surface area contributed by atoms with Gasteiger partial charge in [-0.25, -0.2) is 13.2 Å². The molecule has 8 heteroatoms. The molecule has 0 radical (unpaired) electrons. The molecule has 1 fully saturated rings. The van der Waals surface area contributed by atoms with E-state index in [-0.39, 0.29) is 4.90 Å². The van der Waals surface area contributed by atoms with Gasteiger partial charge >= 0.3 is 0 Å². The lowest BCUT2D eigenvalue weighted by atomic mass is 10.3. The number of aryl methyl sites for hydroxylation is 1. The maximum absolute atomic E-state index is 12.5. The maximum atomic E-state index is 12.5. The van der Waals surface area contributed by atoms with Crippen LogP contribution in [0.15, 0.2) is 19.7 Å². The zero-order chi connectivity index (χ0) is 13.3. The van der Waals surface area contributed by atoms with Crippen LogP contribution in [0, 0.1) is 6.92 Å². The summed E-state index contributed by atoms with van der Waals surface area (Å²) < 4.78 is 27.0. The highest BCUT2D eigenvalue weighted by Gasteiger charge is 2.36. The van der Waals surface area contributed by atoms with Crippen LogP contribution in [0.4, 0.5) is 0 Å². The van der Waals surface area contributed by atoms with Crippen molar-refractivity contribution in [3.8, 4) is 0 Å². The number of sulfonamides is 1.